The number of piperidine rings is 1. The third-order valence-corrected chi connectivity index (χ3v) is 9.41. The molecular formula is C33H43N7S. The minimum atomic E-state index is 0.128. The Kier molecular flexibility index (Phi) is 8.56. The number of para-hydroxylation sites is 1. The number of piperazine rings is 1. The van der Waals surface area contributed by atoms with Crippen LogP contribution in [0.5, 0.6) is 0 Å². The summed E-state index contributed by atoms with van der Waals surface area (Å²) in [6.45, 7) is 8.99. The van der Waals surface area contributed by atoms with E-state index in [0.717, 1.165) is 57.4 Å². The van der Waals surface area contributed by atoms with E-state index >= 15 is 0 Å². The van der Waals surface area contributed by atoms with Crippen molar-refractivity contribution in [3.05, 3.63) is 72.3 Å². The summed E-state index contributed by atoms with van der Waals surface area (Å²) in [6, 6.07) is 23.8. The Labute approximate surface area is 250 Å². The van der Waals surface area contributed by atoms with Crippen LogP contribution in [0.3, 0.4) is 0 Å². The smallest absolute Gasteiger partial charge is 0.232 e. The maximum absolute atomic E-state index is 5.82. The van der Waals surface area contributed by atoms with Crippen LogP contribution >= 0.6 is 12.2 Å². The van der Waals surface area contributed by atoms with Crippen LogP contribution in [0, 0.1) is 5.92 Å². The first-order valence-electron chi connectivity index (χ1n) is 15.4. The molecule has 1 atom stereocenters. The molecule has 0 radical (unpaired) electrons. The summed E-state index contributed by atoms with van der Waals surface area (Å²) in [6.07, 6.45) is 7.36. The van der Waals surface area contributed by atoms with Gasteiger partial charge in [-0.15, -0.1) is 0 Å². The van der Waals surface area contributed by atoms with Crippen LogP contribution in [-0.2, 0) is 5.41 Å². The quantitative estimate of drug-likeness (QED) is 0.345. The number of aromatic nitrogens is 2. The number of hydrogen-bond acceptors (Lipinski definition) is 6. The molecular weight excluding hydrogens is 526 g/mol. The SMILES string of the molecule is C[C@@H]1CCCN(c2cc(N3CCN(c4ccccc4)CC3)nc(NC(=S)NCC3(c4ccccc4)CCCC3)n2)C1. The van der Waals surface area contributed by atoms with E-state index in [1.54, 1.807) is 0 Å². The maximum Gasteiger partial charge on any atom is 0.232 e. The third-order valence-electron chi connectivity index (χ3n) is 9.16. The molecule has 8 heteroatoms. The van der Waals surface area contributed by atoms with Crippen molar-refractivity contribution in [2.45, 2.75) is 50.9 Å². The highest BCUT2D eigenvalue weighted by molar-refractivity contribution is 7.80. The molecule has 7 nitrogen and oxygen atoms in total. The summed E-state index contributed by atoms with van der Waals surface area (Å²) in [5.41, 5.74) is 2.82. The zero-order chi connectivity index (χ0) is 28.1. The second-order valence-electron chi connectivity index (χ2n) is 12.1. The summed E-state index contributed by atoms with van der Waals surface area (Å²) in [5.74, 6) is 3.21. The van der Waals surface area contributed by atoms with Crippen molar-refractivity contribution in [1.82, 2.24) is 15.3 Å². The molecule has 216 valence electrons. The number of hydrogen-bond donors (Lipinski definition) is 2. The lowest BCUT2D eigenvalue weighted by Gasteiger charge is -2.37. The summed E-state index contributed by atoms with van der Waals surface area (Å²) < 4.78 is 0. The van der Waals surface area contributed by atoms with E-state index in [0.29, 0.717) is 17.0 Å². The number of rotatable bonds is 7. The van der Waals surface area contributed by atoms with Crippen molar-refractivity contribution < 1.29 is 0 Å². The van der Waals surface area contributed by atoms with Gasteiger partial charge in [0.25, 0.3) is 0 Å². The Morgan fingerprint density at radius 2 is 1.46 bits per heavy atom. The average Bonchev–Trinajstić information content (AvgIpc) is 3.51. The molecule has 2 aromatic carbocycles. The van der Waals surface area contributed by atoms with E-state index in [1.807, 2.05) is 0 Å². The fraction of sp³-hybridized carbons (Fsp3) is 0.485. The van der Waals surface area contributed by atoms with Crippen molar-refractivity contribution >= 4 is 40.6 Å². The molecule has 41 heavy (non-hydrogen) atoms. The van der Waals surface area contributed by atoms with Gasteiger partial charge in [-0.05, 0) is 61.5 Å². The highest BCUT2D eigenvalue weighted by Gasteiger charge is 2.35. The molecule has 0 amide bonds. The molecule has 0 unspecified atom stereocenters. The molecule has 6 rings (SSSR count). The van der Waals surface area contributed by atoms with Gasteiger partial charge in [-0.1, -0.05) is 68.3 Å². The van der Waals surface area contributed by atoms with E-state index in [9.17, 15) is 0 Å². The van der Waals surface area contributed by atoms with E-state index < -0.39 is 0 Å². The Morgan fingerprint density at radius 3 is 2.15 bits per heavy atom. The van der Waals surface area contributed by atoms with E-state index in [4.69, 9.17) is 22.2 Å². The molecule has 3 fully saturated rings. The van der Waals surface area contributed by atoms with E-state index in [-0.39, 0.29) is 5.41 Å². The fourth-order valence-electron chi connectivity index (χ4n) is 6.84. The normalized spacial score (nSPS) is 20.6. The van der Waals surface area contributed by atoms with Gasteiger partial charge in [0.1, 0.15) is 11.6 Å². The standard InChI is InChI=1S/C33H43N7S/c1-26-11-10-18-40(24-26)30-23-29(39-21-19-38(20-22-39)28-14-6-3-7-15-28)35-31(36-30)37-32(41)34-25-33(16-8-9-17-33)27-12-4-2-5-13-27/h2-7,12-15,23,26H,8-11,16-22,24-25H2,1H3,(H2,34,35,36,37,41)/t26-/m1/s1. The van der Waals surface area contributed by atoms with E-state index in [1.165, 1.54) is 49.8 Å². The Morgan fingerprint density at radius 1 is 0.829 bits per heavy atom. The molecule has 1 saturated carbocycles. The van der Waals surface area contributed by atoms with Gasteiger partial charge in [-0.2, -0.15) is 9.97 Å². The monoisotopic (exact) mass is 569 g/mol. The Hall–Kier alpha value is -3.39. The lowest BCUT2D eigenvalue weighted by atomic mass is 9.79. The van der Waals surface area contributed by atoms with Crippen LogP contribution in [0.1, 0.15) is 51.0 Å². The van der Waals surface area contributed by atoms with Gasteiger partial charge in [0.05, 0.1) is 0 Å². The highest BCUT2D eigenvalue weighted by atomic mass is 32.1. The van der Waals surface area contributed by atoms with Gasteiger partial charge in [0, 0.05) is 63.0 Å². The van der Waals surface area contributed by atoms with Crippen LogP contribution in [0.4, 0.5) is 23.3 Å². The van der Waals surface area contributed by atoms with Crippen molar-refractivity contribution in [3.8, 4) is 0 Å². The minimum Gasteiger partial charge on any atom is -0.368 e. The third kappa shape index (κ3) is 6.58. The van der Waals surface area contributed by atoms with Crippen LogP contribution in [0.25, 0.3) is 0 Å². The molecule has 3 heterocycles. The number of thiocarbonyl (C=S) groups is 1. The van der Waals surface area contributed by atoms with Gasteiger partial charge in [-0.25, -0.2) is 0 Å². The van der Waals surface area contributed by atoms with Crippen molar-refractivity contribution in [1.29, 1.82) is 0 Å². The first-order chi connectivity index (χ1) is 20.1. The van der Waals surface area contributed by atoms with Gasteiger partial charge in [-0.3, -0.25) is 0 Å². The Bertz CT molecular complexity index is 1290. The van der Waals surface area contributed by atoms with E-state index in [2.05, 4.69) is 99.0 Å². The summed E-state index contributed by atoms with van der Waals surface area (Å²) in [7, 11) is 0. The molecule has 3 aromatic rings. The predicted molar refractivity (Wildman–Crippen MR) is 174 cm³/mol. The number of anilines is 4. The number of nitrogens with zero attached hydrogens (tertiary/aromatic N) is 5. The highest BCUT2D eigenvalue weighted by Crippen LogP contribution is 2.40. The second-order valence-corrected chi connectivity index (χ2v) is 12.5. The minimum absolute atomic E-state index is 0.128. The molecule has 1 aromatic heterocycles. The second kappa shape index (κ2) is 12.6. The Balaban J connectivity index is 1.17. The zero-order valence-electron chi connectivity index (χ0n) is 24.3. The van der Waals surface area contributed by atoms with Crippen molar-refractivity contribution in [2.75, 3.05) is 65.8 Å². The molecule has 1 aliphatic carbocycles. The van der Waals surface area contributed by atoms with Gasteiger partial charge >= 0.3 is 0 Å². The lowest BCUT2D eigenvalue weighted by molar-refractivity contribution is 0.435. The van der Waals surface area contributed by atoms with Crippen LogP contribution in [0.15, 0.2) is 66.7 Å². The van der Waals surface area contributed by atoms with Gasteiger partial charge in [0.2, 0.25) is 5.95 Å². The van der Waals surface area contributed by atoms with Crippen LogP contribution in [-0.4, -0.2) is 60.9 Å². The first kappa shape index (κ1) is 27.8. The largest absolute Gasteiger partial charge is 0.368 e. The van der Waals surface area contributed by atoms with Crippen LogP contribution in [0.2, 0.25) is 0 Å². The lowest BCUT2D eigenvalue weighted by Crippen LogP contribution is -2.47. The fourth-order valence-corrected chi connectivity index (χ4v) is 7.00. The summed E-state index contributed by atoms with van der Waals surface area (Å²) >= 11 is 5.82. The molecule has 0 bridgehead atoms. The number of nitrogens with one attached hydrogen (secondary N) is 2. The first-order valence-corrected chi connectivity index (χ1v) is 15.8. The molecule has 2 N–H and O–H groups in total. The predicted octanol–water partition coefficient (Wildman–Crippen LogP) is 5.84. The zero-order valence-corrected chi connectivity index (χ0v) is 25.1. The van der Waals surface area contributed by atoms with Crippen molar-refractivity contribution in [3.63, 3.8) is 0 Å². The number of benzene rings is 2. The topological polar surface area (TPSA) is 59.6 Å². The molecule has 3 aliphatic rings. The van der Waals surface area contributed by atoms with Gasteiger partial charge < -0.3 is 25.3 Å². The van der Waals surface area contributed by atoms with Crippen LogP contribution < -0.4 is 25.3 Å². The van der Waals surface area contributed by atoms with Crippen molar-refractivity contribution in [2.24, 2.45) is 5.92 Å². The molecule has 2 aliphatic heterocycles. The van der Waals surface area contributed by atoms with Gasteiger partial charge in [0.15, 0.2) is 5.11 Å². The summed E-state index contributed by atoms with van der Waals surface area (Å²) in [5, 5.41) is 7.52. The summed E-state index contributed by atoms with van der Waals surface area (Å²) in [4.78, 5) is 17.2. The average molecular weight is 570 g/mol. The maximum atomic E-state index is 5.82. The molecule has 0 spiro atoms. The molecule has 2 saturated heterocycles.